The molecule has 0 aliphatic heterocycles. The van der Waals surface area contributed by atoms with E-state index in [1.807, 2.05) is 0 Å². The Bertz CT molecular complexity index is 830. The lowest BCUT2D eigenvalue weighted by atomic mass is 10.1. The number of fused-ring (bicyclic) bond motifs is 1. The van der Waals surface area contributed by atoms with E-state index in [1.165, 1.54) is 10.7 Å². The summed E-state index contributed by atoms with van der Waals surface area (Å²) in [6.07, 6.45) is 3.15. The van der Waals surface area contributed by atoms with E-state index in [9.17, 15) is 9.90 Å². The molecule has 0 aliphatic rings. The van der Waals surface area contributed by atoms with Gasteiger partial charge < -0.3 is 5.11 Å². The molecule has 0 radical (unpaired) electrons. The monoisotopic (exact) mass is 307 g/mol. The molecule has 5 nitrogen and oxygen atoms in total. The summed E-state index contributed by atoms with van der Waals surface area (Å²) in [7, 11) is 0. The summed E-state index contributed by atoms with van der Waals surface area (Å²) in [6.45, 7) is 0. The lowest BCUT2D eigenvalue weighted by Crippen LogP contribution is -1.99. The van der Waals surface area contributed by atoms with Gasteiger partial charge in [0.15, 0.2) is 5.65 Å². The van der Waals surface area contributed by atoms with E-state index in [2.05, 4.69) is 10.1 Å². The van der Waals surface area contributed by atoms with Crippen LogP contribution in [0.2, 0.25) is 10.0 Å². The van der Waals surface area contributed by atoms with Gasteiger partial charge in [-0.25, -0.2) is 14.3 Å². The molecule has 0 unspecified atom stereocenters. The molecule has 3 rings (SSSR count). The first-order valence-electron chi connectivity index (χ1n) is 5.60. The molecule has 7 heteroatoms. The molecule has 0 amide bonds. The predicted molar refractivity (Wildman–Crippen MR) is 75.4 cm³/mol. The third kappa shape index (κ3) is 2.01. The lowest BCUT2D eigenvalue weighted by Gasteiger charge is -2.01. The van der Waals surface area contributed by atoms with Crippen LogP contribution in [0.15, 0.2) is 36.7 Å². The maximum atomic E-state index is 11.5. The minimum absolute atomic E-state index is 0.0315. The second-order valence-electron chi connectivity index (χ2n) is 4.05. The Balaban J connectivity index is 2.32. The second kappa shape index (κ2) is 4.77. The quantitative estimate of drug-likeness (QED) is 0.788. The Labute approximate surface area is 123 Å². The van der Waals surface area contributed by atoms with Crippen LogP contribution in [-0.2, 0) is 0 Å². The fraction of sp³-hybridized carbons (Fsp3) is 0. The fourth-order valence-electron chi connectivity index (χ4n) is 1.93. The van der Waals surface area contributed by atoms with Crippen molar-refractivity contribution < 1.29 is 9.90 Å². The predicted octanol–water partition coefficient (Wildman–Crippen LogP) is 3.40. The molecule has 3 aromatic rings. The zero-order valence-corrected chi connectivity index (χ0v) is 11.4. The summed E-state index contributed by atoms with van der Waals surface area (Å²) in [4.78, 5) is 15.5. The van der Waals surface area contributed by atoms with Crippen LogP contribution in [-0.4, -0.2) is 25.7 Å². The third-order valence-corrected chi connectivity index (χ3v) is 3.54. The molecule has 100 valence electrons. The van der Waals surface area contributed by atoms with Crippen LogP contribution >= 0.6 is 23.2 Å². The average Bonchev–Trinajstić information content (AvgIpc) is 2.81. The number of hydrogen-bond donors (Lipinski definition) is 1. The van der Waals surface area contributed by atoms with Crippen molar-refractivity contribution in [2.75, 3.05) is 0 Å². The molecule has 0 fully saturated rings. The molecule has 0 bridgehead atoms. The van der Waals surface area contributed by atoms with Crippen molar-refractivity contribution in [3.63, 3.8) is 0 Å². The minimum Gasteiger partial charge on any atom is -0.477 e. The van der Waals surface area contributed by atoms with E-state index < -0.39 is 5.97 Å². The Morgan fingerprint density at radius 3 is 2.75 bits per heavy atom. The van der Waals surface area contributed by atoms with Crippen molar-refractivity contribution in [2.24, 2.45) is 0 Å². The lowest BCUT2D eigenvalue weighted by molar-refractivity contribution is 0.0699. The van der Waals surface area contributed by atoms with Gasteiger partial charge in [0.05, 0.1) is 10.0 Å². The summed E-state index contributed by atoms with van der Waals surface area (Å²) in [5.41, 5.74) is 1.18. The SMILES string of the molecule is O=C(O)c1c(-c2ccc(Cl)c(Cl)c2)nn2cccnc12. The van der Waals surface area contributed by atoms with Crippen LogP contribution in [0.1, 0.15) is 10.4 Å². The van der Waals surface area contributed by atoms with Crippen molar-refractivity contribution in [3.8, 4) is 11.3 Å². The molecular weight excluding hydrogens is 301 g/mol. The first kappa shape index (κ1) is 12.9. The van der Waals surface area contributed by atoms with Gasteiger partial charge in [-0.05, 0) is 18.2 Å². The molecule has 0 spiro atoms. The van der Waals surface area contributed by atoms with Crippen molar-refractivity contribution in [2.45, 2.75) is 0 Å². The summed E-state index contributed by atoms with van der Waals surface area (Å²) >= 11 is 11.8. The Hall–Kier alpha value is -2.11. The van der Waals surface area contributed by atoms with Crippen LogP contribution in [0.25, 0.3) is 16.9 Å². The second-order valence-corrected chi connectivity index (χ2v) is 4.86. The summed E-state index contributed by atoms with van der Waals surface area (Å²) < 4.78 is 1.42. The summed E-state index contributed by atoms with van der Waals surface area (Å²) in [6, 6.07) is 6.52. The van der Waals surface area contributed by atoms with E-state index in [-0.39, 0.29) is 11.2 Å². The van der Waals surface area contributed by atoms with Gasteiger partial charge in [0, 0.05) is 18.0 Å². The van der Waals surface area contributed by atoms with Crippen LogP contribution in [0.4, 0.5) is 0 Å². The number of halogens is 2. The van der Waals surface area contributed by atoms with E-state index >= 15 is 0 Å². The molecule has 0 aliphatic carbocycles. The minimum atomic E-state index is -1.10. The molecule has 2 aromatic heterocycles. The Morgan fingerprint density at radius 2 is 2.05 bits per heavy atom. The van der Waals surface area contributed by atoms with Gasteiger partial charge in [0.2, 0.25) is 0 Å². The van der Waals surface area contributed by atoms with Crippen LogP contribution < -0.4 is 0 Å². The van der Waals surface area contributed by atoms with Crippen LogP contribution in [0, 0.1) is 0 Å². The van der Waals surface area contributed by atoms with Gasteiger partial charge >= 0.3 is 5.97 Å². The first-order valence-corrected chi connectivity index (χ1v) is 6.35. The van der Waals surface area contributed by atoms with Gasteiger partial charge in [-0.15, -0.1) is 0 Å². The molecule has 0 saturated heterocycles. The number of rotatable bonds is 2. The zero-order valence-electron chi connectivity index (χ0n) is 9.92. The molecule has 1 N–H and O–H groups in total. The number of benzene rings is 1. The largest absolute Gasteiger partial charge is 0.477 e. The van der Waals surface area contributed by atoms with E-state index in [0.29, 0.717) is 21.3 Å². The van der Waals surface area contributed by atoms with Crippen LogP contribution in [0.5, 0.6) is 0 Å². The van der Waals surface area contributed by atoms with E-state index in [4.69, 9.17) is 23.2 Å². The van der Waals surface area contributed by atoms with E-state index in [1.54, 1.807) is 30.5 Å². The Morgan fingerprint density at radius 1 is 1.25 bits per heavy atom. The topological polar surface area (TPSA) is 67.5 Å². The number of aromatic carboxylic acids is 1. The van der Waals surface area contributed by atoms with Crippen molar-refractivity contribution in [3.05, 3.63) is 52.3 Å². The van der Waals surface area contributed by atoms with Gasteiger partial charge in [-0.2, -0.15) is 5.10 Å². The molecule has 2 heterocycles. The zero-order chi connectivity index (χ0) is 14.3. The maximum Gasteiger partial charge on any atom is 0.341 e. The molecular formula is C13H7Cl2N3O2. The molecule has 0 atom stereocenters. The highest BCUT2D eigenvalue weighted by Crippen LogP contribution is 2.30. The van der Waals surface area contributed by atoms with Crippen molar-refractivity contribution in [1.29, 1.82) is 0 Å². The normalized spacial score (nSPS) is 10.9. The highest BCUT2D eigenvalue weighted by molar-refractivity contribution is 6.42. The average molecular weight is 308 g/mol. The van der Waals surface area contributed by atoms with Gasteiger partial charge in [0.25, 0.3) is 0 Å². The maximum absolute atomic E-state index is 11.5. The highest BCUT2D eigenvalue weighted by atomic mass is 35.5. The number of carboxylic acids is 1. The van der Waals surface area contributed by atoms with Crippen molar-refractivity contribution in [1.82, 2.24) is 14.6 Å². The smallest absolute Gasteiger partial charge is 0.341 e. The molecule has 0 saturated carbocycles. The standard InChI is InChI=1S/C13H7Cl2N3O2/c14-8-3-2-7(6-9(8)15)11-10(13(19)20)12-16-4-1-5-18(12)17-11/h1-6H,(H,19,20). The van der Waals surface area contributed by atoms with Crippen LogP contribution in [0.3, 0.4) is 0 Å². The van der Waals surface area contributed by atoms with Gasteiger partial charge in [-0.3, -0.25) is 0 Å². The van der Waals surface area contributed by atoms with E-state index in [0.717, 1.165) is 0 Å². The van der Waals surface area contributed by atoms with Crippen molar-refractivity contribution >= 4 is 34.8 Å². The molecule has 20 heavy (non-hydrogen) atoms. The number of carbonyl (C=O) groups is 1. The number of aromatic nitrogens is 3. The van der Waals surface area contributed by atoms with Gasteiger partial charge in [0.1, 0.15) is 11.3 Å². The number of nitrogens with zero attached hydrogens (tertiary/aromatic N) is 3. The first-order chi connectivity index (χ1) is 9.58. The highest BCUT2D eigenvalue weighted by Gasteiger charge is 2.21. The third-order valence-electron chi connectivity index (χ3n) is 2.80. The fourth-order valence-corrected chi connectivity index (χ4v) is 2.23. The number of carboxylic acid groups (broad SMARTS) is 1. The number of hydrogen-bond acceptors (Lipinski definition) is 3. The Kier molecular flexibility index (Phi) is 3.08. The summed E-state index contributed by atoms with van der Waals surface area (Å²) in [5, 5.41) is 14.4. The summed E-state index contributed by atoms with van der Waals surface area (Å²) in [5.74, 6) is -1.10. The molecule has 1 aromatic carbocycles. The van der Waals surface area contributed by atoms with Gasteiger partial charge in [-0.1, -0.05) is 29.3 Å².